The SMILES string of the molecule is Cn1c(=O)oc2cc(CC(N)=O)ccc21. The molecule has 1 aromatic heterocycles. The highest BCUT2D eigenvalue weighted by Gasteiger charge is 2.07. The van der Waals surface area contributed by atoms with Crippen LogP contribution in [0.3, 0.4) is 0 Å². The molecule has 15 heavy (non-hydrogen) atoms. The van der Waals surface area contributed by atoms with Crippen molar-refractivity contribution in [3.63, 3.8) is 0 Å². The number of nitrogens with two attached hydrogens (primary N) is 1. The molecule has 0 atom stereocenters. The van der Waals surface area contributed by atoms with Gasteiger partial charge in [0.1, 0.15) is 0 Å². The van der Waals surface area contributed by atoms with E-state index in [-0.39, 0.29) is 6.42 Å². The highest BCUT2D eigenvalue weighted by molar-refractivity contribution is 5.79. The number of aromatic nitrogens is 1. The van der Waals surface area contributed by atoms with Crippen LogP contribution in [-0.4, -0.2) is 10.5 Å². The average molecular weight is 206 g/mol. The Bertz CT molecular complexity index is 580. The number of aryl methyl sites for hydroxylation is 1. The van der Waals surface area contributed by atoms with Crippen LogP contribution in [0.2, 0.25) is 0 Å². The minimum absolute atomic E-state index is 0.147. The highest BCUT2D eigenvalue weighted by atomic mass is 16.4. The van der Waals surface area contributed by atoms with Crippen LogP contribution in [0.5, 0.6) is 0 Å². The van der Waals surface area contributed by atoms with E-state index in [2.05, 4.69) is 0 Å². The van der Waals surface area contributed by atoms with E-state index in [1.807, 2.05) is 0 Å². The Labute approximate surface area is 85.1 Å². The summed E-state index contributed by atoms with van der Waals surface area (Å²) in [6.45, 7) is 0. The summed E-state index contributed by atoms with van der Waals surface area (Å²) in [6.07, 6.45) is 0.147. The van der Waals surface area contributed by atoms with Gasteiger partial charge in [0.05, 0.1) is 11.9 Å². The summed E-state index contributed by atoms with van der Waals surface area (Å²) >= 11 is 0. The first-order valence-corrected chi connectivity index (χ1v) is 4.44. The van der Waals surface area contributed by atoms with E-state index >= 15 is 0 Å². The third-order valence-corrected chi connectivity index (χ3v) is 2.24. The standard InChI is InChI=1S/C10H10N2O3/c1-12-7-3-2-6(5-9(11)13)4-8(7)15-10(12)14/h2-4H,5H2,1H3,(H2,11,13). The third kappa shape index (κ3) is 1.63. The number of hydrogen-bond donors (Lipinski definition) is 1. The number of rotatable bonds is 2. The predicted molar refractivity (Wildman–Crippen MR) is 54.4 cm³/mol. The molecule has 78 valence electrons. The Morgan fingerprint density at radius 3 is 2.93 bits per heavy atom. The number of carbonyl (C=O) groups excluding carboxylic acids is 1. The Kier molecular flexibility index (Phi) is 2.07. The van der Waals surface area contributed by atoms with Gasteiger partial charge in [-0.15, -0.1) is 0 Å². The average Bonchev–Trinajstić information content (AvgIpc) is 2.41. The van der Waals surface area contributed by atoms with E-state index in [4.69, 9.17) is 10.2 Å². The number of oxazole rings is 1. The van der Waals surface area contributed by atoms with Crippen molar-refractivity contribution in [2.75, 3.05) is 0 Å². The van der Waals surface area contributed by atoms with Gasteiger partial charge in [-0.2, -0.15) is 0 Å². The smallest absolute Gasteiger partial charge is 0.408 e. The van der Waals surface area contributed by atoms with Gasteiger partial charge in [-0.25, -0.2) is 4.79 Å². The first-order chi connectivity index (χ1) is 7.08. The zero-order valence-electron chi connectivity index (χ0n) is 8.19. The molecular formula is C10H10N2O3. The van der Waals surface area contributed by atoms with Crippen LogP contribution < -0.4 is 11.5 Å². The topological polar surface area (TPSA) is 78.2 Å². The van der Waals surface area contributed by atoms with Gasteiger partial charge in [0.2, 0.25) is 5.91 Å². The lowest BCUT2D eigenvalue weighted by atomic mass is 10.1. The molecule has 0 fully saturated rings. The lowest BCUT2D eigenvalue weighted by Crippen LogP contribution is -2.13. The molecule has 0 bridgehead atoms. The summed E-state index contributed by atoms with van der Waals surface area (Å²) in [7, 11) is 1.63. The molecule has 5 nitrogen and oxygen atoms in total. The lowest BCUT2D eigenvalue weighted by Gasteiger charge is -1.97. The first kappa shape index (κ1) is 9.51. The van der Waals surface area contributed by atoms with Crippen LogP contribution in [0.15, 0.2) is 27.4 Å². The number of fused-ring (bicyclic) bond motifs is 1. The normalized spacial score (nSPS) is 10.7. The molecule has 2 aromatic rings. The van der Waals surface area contributed by atoms with Crippen molar-refractivity contribution < 1.29 is 9.21 Å². The van der Waals surface area contributed by atoms with Gasteiger partial charge in [-0.1, -0.05) is 6.07 Å². The van der Waals surface area contributed by atoms with Gasteiger partial charge in [-0.3, -0.25) is 9.36 Å². The summed E-state index contributed by atoms with van der Waals surface area (Å²) in [5, 5.41) is 0. The molecule has 1 aromatic carbocycles. The quantitative estimate of drug-likeness (QED) is 0.760. The van der Waals surface area contributed by atoms with Crippen molar-refractivity contribution in [1.82, 2.24) is 4.57 Å². The Morgan fingerprint density at radius 1 is 1.53 bits per heavy atom. The molecule has 0 aliphatic heterocycles. The van der Waals surface area contributed by atoms with Crippen molar-refractivity contribution in [2.45, 2.75) is 6.42 Å². The number of carbonyl (C=O) groups is 1. The van der Waals surface area contributed by atoms with Gasteiger partial charge >= 0.3 is 5.76 Å². The largest absolute Gasteiger partial charge is 0.419 e. The van der Waals surface area contributed by atoms with E-state index in [9.17, 15) is 9.59 Å². The van der Waals surface area contributed by atoms with Crippen LogP contribution in [0.4, 0.5) is 0 Å². The van der Waals surface area contributed by atoms with Gasteiger partial charge < -0.3 is 10.2 Å². The van der Waals surface area contributed by atoms with E-state index in [1.165, 1.54) is 4.57 Å². The molecule has 2 rings (SSSR count). The van der Waals surface area contributed by atoms with E-state index in [0.717, 1.165) is 5.56 Å². The molecule has 0 unspecified atom stereocenters. The number of amides is 1. The molecule has 0 aliphatic rings. The van der Waals surface area contributed by atoms with Crippen molar-refractivity contribution in [2.24, 2.45) is 12.8 Å². The monoisotopic (exact) mass is 206 g/mol. The lowest BCUT2D eigenvalue weighted by molar-refractivity contribution is -0.117. The fourth-order valence-electron chi connectivity index (χ4n) is 1.49. The second-order valence-corrected chi connectivity index (χ2v) is 3.37. The summed E-state index contributed by atoms with van der Waals surface area (Å²) in [5.74, 6) is -0.825. The van der Waals surface area contributed by atoms with Crippen LogP contribution in [0.25, 0.3) is 11.1 Å². The minimum Gasteiger partial charge on any atom is -0.408 e. The van der Waals surface area contributed by atoms with Gasteiger partial charge in [0.25, 0.3) is 0 Å². The van der Waals surface area contributed by atoms with Crippen molar-refractivity contribution in [3.8, 4) is 0 Å². The maximum absolute atomic E-state index is 11.2. The fraction of sp³-hybridized carbons (Fsp3) is 0.200. The van der Waals surface area contributed by atoms with Crippen molar-refractivity contribution in [1.29, 1.82) is 0 Å². The second-order valence-electron chi connectivity index (χ2n) is 3.37. The Balaban J connectivity index is 2.57. The maximum Gasteiger partial charge on any atom is 0.419 e. The summed E-state index contributed by atoms with van der Waals surface area (Å²) in [4.78, 5) is 21.9. The summed E-state index contributed by atoms with van der Waals surface area (Å²) in [5.41, 5.74) is 6.98. The molecule has 2 N–H and O–H groups in total. The number of primary amides is 1. The molecule has 1 heterocycles. The van der Waals surface area contributed by atoms with Crippen molar-refractivity contribution >= 4 is 17.0 Å². The van der Waals surface area contributed by atoms with E-state index < -0.39 is 11.7 Å². The summed E-state index contributed by atoms with van der Waals surface area (Å²) in [6, 6.07) is 5.14. The Morgan fingerprint density at radius 2 is 2.27 bits per heavy atom. The maximum atomic E-state index is 11.2. The van der Waals surface area contributed by atoms with Gasteiger partial charge in [-0.05, 0) is 17.7 Å². The van der Waals surface area contributed by atoms with Crippen LogP contribution in [0, 0.1) is 0 Å². The van der Waals surface area contributed by atoms with Crippen LogP contribution in [0.1, 0.15) is 5.56 Å². The molecule has 1 amide bonds. The molecule has 0 saturated heterocycles. The number of benzene rings is 1. The number of hydrogen-bond acceptors (Lipinski definition) is 3. The Hall–Kier alpha value is -2.04. The van der Waals surface area contributed by atoms with Gasteiger partial charge in [0, 0.05) is 7.05 Å². The summed E-state index contributed by atoms with van der Waals surface area (Å²) < 4.78 is 6.38. The fourth-order valence-corrected chi connectivity index (χ4v) is 1.49. The predicted octanol–water partition coefficient (Wildman–Crippen LogP) is 0.159. The van der Waals surface area contributed by atoms with Crippen LogP contribution >= 0.6 is 0 Å². The first-order valence-electron chi connectivity index (χ1n) is 4.44. The minimum atomic E-state index is -0.416. The zero-order valence-corrected chi connectivity index (χ0v) is 8.19. The zero-order chi connectivity index (χ0) is 11.0. The van der Waals surface area contributed by atoms with E-state index in [0.29, 0.717) is 11.1 Å². The molecule has 0 radical (unpaired) electrons. The molecule has 0 spiro atoms. The molecule has 5 heteroatoms. The molecule has 0 saturated carbocycles. The van der Waals surface area contributed by atoms with Gasteiger partial charge in [0.15, 0.2) is 5.58 Å². The number of nitrogens with zero attached hydrogens (tertiary/aromatic N) is 1. The highest BCUT2D eigenvalue weighted by Crippen LogP contribution is 2.14. The third-order valence-electron chi connectivity index (χ3n) is 2.24. The van der Waals surface area contributed by atoms with Crippen molar-refractivity contribution in [3.05, 3.63) is 34.3 Å². The van der Waals surface area contributed by atoms with E-state index in [1.54, 1.807) is 25.2 Å². The van der Waals surface area contributed by atoms with Crippen LogP contribution in [-0.2, 0) is 18.3 Å². The molecule has 0 aliphatic carbocycles. The molecular weight excluding hydrogens is 196 g/mol. The second kappa shape index (κ2) is 3.27.